The van der Waals surface area contributed by atoms with Gasteiger partial charge in [0.2, 0.25) is 0 Å². The van der Waals surface area contributed by atoms with Gasteiger partial charge >= 0.3 is 6.18 Å². The van der Waals surface area contributed by atoms with Crippen LogP contribution >= 0.6 is 0 Å². The van der Waals surface area contributed by atoms with Crippen LogP contribution in [0.4, 0.5) is 30.2 Å². The average molecular weight is 563 g/mol. The molecule has 0 bridgehead atoms. The molecular formula is C29H29F3N8O. The molecule has 1 amide bonds. The van der Waals surface area contributed by atoms with E-state index in [1.54, 1.807) is 35.5 Å². The number of fused-ring (bicyclic) bond motifs is 1. The second-order valence-electron chi connectivity index (χ2n) is 10.3. The van der Waals surface area contributed by atoms with Crippen molar-refractivity contribution < 1.29 is 18.0 Å². The molecule has 4 aromatic rings. The number of nitrogens with one attached hydrogen (secondary N) is 4. The molecule has 6 rings (SSSR count). The van der Waals surface area contributed by atoms with Crippen molar-refractivity contribution >= 4 is 39.7 Å². The number of hydrogen-bond donors (Lipinski definition) is 4. The SMILES string of the molecule is Cc1ccc(C(=O)Nc2cc(N3CCN(C)CC3)cc(C(F)(F)F)c2)cc1N1C=C(c2cnc3[nH]ccc3c2)NN1. The van der Waals surface area contributed by atoms with Crippen molar-refractivity contribution in [2.75, 3.05) is 48.5 Å². The van der Waals surface area contributed by atoms with Gasteiger partial charge < -0.3 is 25.5 Å². The second-order valence-corrected chi connectivity index (χ2v) is 10.3. The Kier molecular flexibility index (Phi) is 6.80. The first-order chi connectivity index (χ1) is 19.6. The fraction of sp³-hybridized carbons (Fsp3) is 0.241. The van der Waals surface area contributed by atoms with E-state index in [9.17, 15) is 18.0 Å². The van der Waals surface area contributed by atoms with Crippen LogP contribution < -0.4 is 26.2 Å². The zero-order chi connectivity index (χ0) is 28.7. The highest BCUT2D eigenvalue weighted by Gasteiger charge is 2.32. The first-order valence-corrected chi connectivity index (χ1v) is 13.2. The van der Waals surface area contributed by atoms with E-state index in [-0.39, 0.29) is 5.69 Å². The minimum Gasteiger partial charge on any atom is -0.369 e. The molecule has 12 heteroatoms. The molecule has 2 aromatic carbocycles. The van der Waals surface area contributed by atoms with E-state index < -0.39 is 17.6 Å². The number of likely N-dealkylation sites (N-methyl/N-ethyl adjacent to an activating group) is 1. The maximum absolute atomic E-state index is 13.8. The van der Waals surface area contributed by atoms with Crippen molar-refractivity contribution in [3.05, 3.63) is 89.4 Å². The number of aromatic amines is 1. The summed E-state index contributed by atoms with van der Waals surface area (Å²) >= 11 is 0. The van der Waals surface area contributed by atoms with E-state index in [4.69, 9.17) is 0 Å². The quantitative estimate of drug-likeness (QED) is 0.280. The lowest BCUT2D eigenvalue weighted by molar-refractivity contribution is -0.137. The molecule has 2 aliphatic rings. The molecule has 4 heterocycles. The third-order valence-electron chi connectivity index (χ3n) is 7.38. The summed E-state index contributed by atoms with van der Waals surface area (Å²) in [6, 6.07) is 12.8. The Bertz CT molecular complexity index is 1640. The van der Waals surface area contributed by atoms with Gasteiger partial charge in [0.25, 0.3) is 5.91 Å². The molecule has 212 valence electrons. The molecule has 2 aliphatic heterocycles. The first-order valence-electron chi connectivity index (χ1n) is 13.2. The summed E-state index contributed by atoms with van der Waals surface area (Å²) in [5.41, 5.74) is 10.3. The van der Waals surface area contributed by atoms with Crippen LogP contribution in [0.3, 0.4) is 0 Å². The lowest BCUT2D eigenvalue weighted by Crippen LogP contribution is -2.44. The highest BCUT2D eigenvalue weighted by atomic mass is 19.4. The van der Waals surface area contributed by atoms with Crippen LogP contribution in [-0.2, 0) is 6.18 Å². The van der Waals surface area contributed by atoms with Gasteiger partial charge in [-0.3, -0.25) is 9.80 Å². The number of alkyl halides is 3. The van der Waals surface area contributed by atoms with Crippen molar-refractivity contribution in [3.63, 3.8) is 0 Å². The Labute approximate surface area is 234 Å². The fourth-order valence-corrected chi connectivity index (χ4v) is 4.99. The molecule has 1 saturated heterocycles. The molecule has 0 atom stereocenters. The Morgan fingerprint density at radius 3 is 2.61 bits per heavy atom. The van der Waals surface area contributed by atoms with Gasteiger partial charge in [0.15, 0.2) is 0 Å². The third kappa shape index (κ3) is 5.56. The van der Waals surface area contributed by atoms with E-state index in [0.717, 1.165) is 53.1 Å². The number of rotatable bonds is 5. The number of aryl methyl sites for hydroxylation is 1. The minimum atomic E-state index is -4.54. The molecule has 41 heavy (non-hydrogen) atoms. The monoisotopic (exact) mass is 562 g/mol. The molecule has 4 N–H and O–H groups in total. The number of carbonyl (C=O) groups is 1. The number of hydrazine groups is 2. The summed E-state index contributed by atoms with van der Waals surface area (Å²) in [6.07, 6.45) is 0.896. The van der Waals surface area contributed by atoms with Gasteiger partial charge in [-0.1, -0.05) is 6.07 Å². The number of halogens is 3. The predicted molar refractivity (Wildman–Crippen MR) is 153 cm³/mol. The molecule has 0 unspecified atom stereocenters. The first kappa shape index (κ1) is 26.7. The Morgan fingerprint density at radius 1 is 1.02 bits per heavy atom. The number of piperazine rings is 1. The number of anilines is 3. The Balaban J connectivity index is 1.24. The van der Waals surface area contributed by atoms with Crippen LogP contribution in [0.15, 0.2) is 67.1 Å². The van der Waals surface area contributed by atoms with Gasteiger partial charge in [0.05, 0.1) is 16.9 Å². The Morgan fingerprint density at radius 2 is 1.83 bits per heavy atom. The van der Waals surface area contributed by atoms with Crippen molar-refractivity contribution in [2.24, 2.45) is 0 Å². The molecule has 0 spiro atoms. The van der Waals surface area contributed by atoms with Crippen LogP contribution in [-0.4, -0.2) is 54.0 Å². The van der Waals surface area contributed by atoms with Crippen LogP contribution in [0.25, 0.3) is 16.7 Å². The van der Waals surface area contributed by atoms with Crippen molar-refractivity contribution in [3.8, 4) is 0 Å². The van der Waals surface area contributed by atoms with Crippen LogP contribution in [0.1, 0.15) is 27.0 Å². The van der Waals surface area contributed by atoms with E-state index in [2.05, 4.69) is 31.1 Å². The summed E-state index contributed by atoms with van der Waals surface area (Å²) in [5.74, 6) is -0.506. The number of carbonyl (C=O) groups excluding carboxylic acids is 1. The second kappa shape index (κ2) is 10.5. The number of H-pyrrole nitrogens is 1. The van der Waals surface area contributed by atoms with Crippen LogP contribution in [0, 0.1) is 6.92 Å². The number of aromatic nitrogens is 2. The zero-order valence-electron chi connectivity index (χ0n) is 22.5. The summed E-state index contributed by atoms with van der Waals surface area (Å²) in [5, 5.41) is 5.41. The lowest BCUT2D eigenvalue weighted by Gasteiger charge is -2.34. The van der Waals surface area contributed by atoms with Gasteiger partial charge in [0, 0.05) is 72.7 Å². The number of nitrogens with zero attached hydrogens (tertiary/aromatic N) is 4. The lowest BCUT2D eigenvalue weighted by atomic mass is 10.1. The molecule has 1 fully saturated rings. The molecule has 9 nitrogen and oxygen atoms in total. The van der Waals surface area contributed by atoms with Gasteiger partial charge in [-0.15, -0.1) is 5.53 Å². The average Bonchev–Trinajstić information content (AvgIpc) is 3.63. The summed E-state index contributed by atoms with van der Waals surface area (Å²) in [4.78, 5) is 24.8. The van der Waals surface area contributed by atoms with Crippen LogP contribution in [0.2, 0.25) is 0 Å². The van der Waals surface area contributed by atoms with Gasteiger partial charge in [-0.25, -0.2) is 4.98 Å². The Hall–Kier alpha value is -4.55. The van der Waals surface area contributed by atoms with Gasteiger partial charge in [-0.05, 0) is 62.0 Å². The largest absolute Gasteiger partial charge is 0.416 e. The number of amides is 1. The fourth-order valence-electron chi connectivity index (χ4n) is 4.99. The van der Waals surface area contributed by atoms with E-state index in [1.807, 2.05) is 43.4 Å². The third-order valence-corrected chi connectivity index (χ3v) is 7.38. The maximum Gasteiger partial charge on any atom is 0.416 e. The van der Waals surface area contributed by atoms with Crippen molar-refractivity contribution in [1.82, 2.24) is 25.8 Å². The highest BCUT2D eigenvalue weighted by Crippen LogP contribution is 2.35. The number of benzene rings is 2. The van der Waals surface area contributed by atoms with E-state index in [0.29, 0.717) is 30.0 Å². The van der Waals surface area contributed by atoms with Crippen LogP contribution in [0.5, 0.6) is 0 Å². The zero-order valence-corrected chi connectivity index (χ0v) is 22.5. The predicted octanol–water partition coefficient (Wildman–Crippen LogP) is 4.72. The summed E-state index contributed by atoms with van der Waals surface area (Å²) in [6.45, 7) is 4.61. The molecular weight excluding hydrogens is 533 g/mol. The number of hydrogen-bond acceptors (Lipinski definition) is 7. The minimum absolute atomic E-state index is 0.0941. The molecule has 0 radical (unpaired) electrons. The van der Waals surface area contributed by atoms with Crippen molar-refractivity contribution in [1.29, 1.82) is 0 Å². The molecule has 2 aromatic heterocycles. The maximum atomic E-state index is 13.8. The molecule has 0 saturated carbocycles. The van der Waals surface area contributed by atoms with Gasteiger partial charge in [-0.2, -0.15) is 13.2 Å². The standard InChI is InChI=1S/C29H29F3N8O/c1-18-3-4-20(12-26(18)40-17-25(36-37-40)21-11-19-5-6-33-27(19)34-16-21)28(41)35-23-13-22(29(30,31)32)14-24(15-23)39-9-7-38(2)8-10-39/h3-6,11-17,36-37H,7-10H2,1-2H3,(H,33,34)(H,35,41). The topological polar surface area (TPSA) is 91.6 Å². The summed E-state index contributed by atoms with van der Waals surface area (Å²) in [7, 11) is 1.98. The number of pyridine rings is 1. The van der Waals surface area contributed by atoms with Gasteiger partial charge in [0.1, 0.15) is 5.65 Å². The summed E-state index contributed by atoms with van der Waals surface area (Å²) < 4.78 is 41.3. The van der Waals surface area contributed by atoms with E-state index in [1.165, 1.54) is 0 Å². The van der Waals surface area contributed by atoms with E-state index >= 15 is 0 Å². The molecule has 0 aliphatic carbocycles. The smallest absolute Gasteiger partial charge is 0.369 e. The highest BCUT2D eigenvalue weighted by molar-refractivity contribution is 6.05. The van der Waals surface area contributed by atoms with Crippen molar-refractivity contribution in [2.45, 2.75) is 13.1 Å². The normalized spacial score (nSPS) is 16.2.